The Morgan fingerprint density at radius 3 is 1.33 bits per heavy atom. The van der Waals surface area contributed by atoms with Crippen molar-refractivity contribution in [1.29, 1.82) is 0 Å². The topological polar surface area (TPSA) is 257 Å². The average molecular weight is 955 g/mol. The summed E-state index contributed by atoms with van der Waals surface area (Å²) in [6, 6.07) is 46.5. The van der Waals surface area contributed by atoms with Crippen molar-refractivity contribution in [2.45, 2.75) is 22.9 Å². The maximum Gasteiger partial charge on any atom is 1.00 e. The molecular formula is C44H36N12Na2O7S2. The van der Waals surface area contributed by atoms with E-state index in [4.69, 9.17) is 4.74 Å². The Balaban J connectivity index is 0.00000370. The van der Waals surface area contributed by atoms with Crippen molar-refractivity contribution >= 4 is 80.6 Å². The molecule has 0 radical (unpaired) electrons. The number of nitrogens with one attached hydrogen (secondary N) is 6. The van der Waals surface area contributed by atoms with Gasteiger partial charge in [0.05, 0.1) is 16.9 Å². The van der Waals surface area contributed by atoms with Gasteiger partial charge in [-0.2, -0.15) is 34.2 Å². The number of ether oxygens (including phenoxy) is 1. The van der Waals surface area contributed by atoms with Gasteiger partial charge in [-0.15, -0.1) is 0 Å². The van der Waals surface area contributed by atoms with Gasteiger partial charge in [0.15, 0.2) is 0 Å². The molecule has 0 atom stereocenters. The Labute approximate surface area is 433 Å². The number of nitrogens with zero attached hydrogens (tertiary/aromatic N) is 6. The zero-order chi connectivity index (χ0) is 44.9. The van der Waals surface area contributed by atoms with Crippen LogP contribution in [0.3, 0.4) is 0 Å². The summed E-state index contributed by atoms with van der Waals surface area (Å²) >= 11 is 0.774. The maximum atomic E-state index is 11.6. The quantitative estimate of drug-likeness (QED) is 0.0210. The van der Waals surface area contributed by atoms with Crippen molar-refractivity contribution in [3.05, 3.63) is 169 Å². The second-order valence-electron chi connectivity index (χ2n) is 13.7. The Morgan fingerprint density at radius 1 is 0.478 bits per heavy atom. The molecule has 8 aromatic rings. The minimum absolute atomic E-state index is 0. The Morgan fingerprint density at radius 2 is 0.881 bits per heavy atom. The molecule has 0 saturated carbocycles. The minimum Gasteiger partial charge on any atom is -0.744 e. The summed E-state index contributed by atoms with van der Waals surface area (Å²) in [5.74, 6) is 2.75. The fourth-order valence-electron chi connectivity index (χ4n) is 5.95. The van der Waals surface area contributed by atoms with Crippen molar-refractivity contribution < 1.29 is 91.5 Å². The summed E-state index contributed by atoms with van der Waals surface area (Å²) < 4.78 is 45.4. The molecule has 0 aliphatic rings. The number of aromatic nitrogens is 6. The molecule has 0 amide bonds. The van der Waals surface area contributed by atoms with Crippen LogP contribution in [-0.2, 0) is 32.6 Å². The molecule has 0 aliphatic carbocycles. The zero-order valence-electron chi connectivity index (χ0n) is 35.8. The summed E-state index contributed by atoms with van der Waals surface area (Å²) in [7, 11) is -4.66. The van der Waals surface area contributed by atoms with Gasteiger partial charge in [0.1, 0.15) is 21.6 Å². The standard InChI is InChI=1S/C44H38N12O7S2.2Na/c57-62-63-64-37-15-7-13-33(25-37)49-43-53-39(51-41(55-43)47-31-9-3-1-4-10-31)45-27-29-17-21-35(22-18-29)61-36-23-19-30(20-24-36)28-46-40-52-42(48-32-11-5-2-6-12-32)56-44(54-40)50-34-14-8-16-38(26-34)65(58,59)60;;/h1-26,57H,27-28H2,(H,58,59,60)(H3,45,47,49,51,53,55)(H3,46,48,50,52,54,56);;/q;2*+1/p-2. The molecule has 0 spiro atoms. The summed E-state index contributed by atoms with van der Waals surface area (Å²) in [6.45, 7) is 0.750. The summed E-state index contributed by atoms with van der Waals surface area (Å²) in [5, 5.41) is 32.7. The van der Waals surface area contributed by atoms with Gasteiger partial charge >= 0.3 is 59.1 Å². The van der Waals surface area contributed by atoms with E-state index in [9.17, 15) is 18.2 Å². The third-order valence-electron chi connectivity index (χ3n) is 8.94. The van der Waals surface area contributed by atoms with Gasteiger partial charge in [0, 0.05) is 40.7 Å². The van der Waals surface area contributed by atoms with Crippen LogP contribution in [0.2, 0.25) is 0 Å². The molecule has 0 aliphatic heterocycles. The van der Waals surface area contributed by atoms with Crippen LogP contribution in [0.25, 0.3) is 0 Å². The number of benzene rings is 6. The molecule has 6 N–H and O–H groups in total. The molecule has 23 heteroatoms. The van der Waals surface area contributed by atoms with Crippen LogP contribution in [0.1, 0.15) is 11.1 Å². The van der Waals surface area contributed by atoms with Crippen molar-refractivity contribution in [3.63, 3.8) is 0 Å². The second kappa shape index (κ2) is 24.7. The van der Waals surface area contributed by atoms with E-state index in [2.05, 4.69) is 71.2 Å². The molecule has 0 fully saturated rings. The third-order valence-corrected chi connectivity index (χ3v) is 10.3. The van der Waals surface area contributed by atoms with E-state index in [0.29, 0.717) is 52.8 Å². The van der Waals surface area contributed by atoms with Gasteiger partial charge < -0.3 is 46.4 Å². The molecule has 0 unspecified atom stereocenters. The number of para-hydroxylation sites is 2. The Kier molecular flexibility index (Phi) is 18.6. The van der Waals surface area contributed by atoms with Gasteiger partial charge in [-0.05, 0) is 96.1 Å². The fraction of sp³-hybridized carbons (Fsp3) is 0.0455. The summed E-state index contributed by atoms with van der Waals surface area (Å²) in [5.41, 5.74) is 4.35. The molecule has 19 nitrogen and oxygen atoms in total. The van der Waals surface area contributed by atoms with Gasteiger partial charge in [-0.3, -0.25) is 5.04 Å². The molecule has 0 bridgehead atoms. The van der Waals surface area contributed by atoms with Crippen molar-refractivity contribution in [2.24, 2.45) is 0 Å². The number of anilines is 10. The van der Waals surface area contributed by atoms with E-state index in [0.717, 1.165) is 34.5 Å². The predicted molar refractivity (Wildman–Crippen MR) is 242 cm³/mol. The summed E-state index contributed by atoms with van der Waals surface area (Å²) in [6.07, 6.45) is 0. The average Bonchev–Trinajstić information content (AvgIpc) is 3.31. The molecule has 67 heavy (non-hydrogen) atoms. The van der Waals surface area contributed by atoms with Gasteiger partial charge in [-0.1, -0.05) is 72.8 Å². The molecular weight excluding hydrogens is 919 g/mol. The van der Waals surface area contributed by atoms with E-state index < -0.39 is 10.1 Å². The molecule has 8 rings (SSSR count). The van der Waals surface area contributed by atoms with Crippen molar-refractivity contribution in [1.82, 2.24) is 29.9 Å². The van der Waals surface area contributed by atoms with E-state index in [1.54, 1.807) is 24.3 Å². The largest absolute Gasteiger partial charge is 1.00 e. The van der Waals surface area contributed by atoms with E-state index >= 15 is 0 Å². The number of rotatable bonds is 20. The van der Waals surface area contributed by atoms with Gasteiger partial charge in [0.25, 0.3) is 0 Å². The van der Waals surface area contributed by atoms with Crippen molar-refractivity contribution in [3.8, 4) is 11.5 Å². The summed E-state index contributed by atoms with van der Waals surface area (Å²) in [4.78, 5) is 27.3. The van der Waals surface area contributed by atoms with E-state index in [1.807, 2.05) is 115 Å². The molecule has 0 saturated heterocycles. The van der Waals surface area contributed by atoms with E-state index in [1.165, 1.54) is 18.2 Å². The fourth-order valence-corrected chi connectivity index (χ4v) is 6.88. The monoisotopic (exact) mass is 954 g/mol. The predicted octanol–water partition coefficient (Wildman–Crippen LogP) is 2.19. The first kappa shape index (κ1) is 50.5. The number of hydrogen-bond donors (Lipinski definition) is 6. The first-order valence-electron chi connectivity index (χ1n) is 19.5. The molecule has 2 aromatic heterocycles. The minimum atomic E-state index is -4.66. The first-order valence-corrected chi connectivity index (χ1v) is 21.7. The smallest absolute Gasteiger partial charge is 0.744 e. The van der Waals surface area contributed by atoms with E-state index in [-0.39, 0.29) is 87.8 Å². The molecule has 328 valence electrons. The number of hydrogen-bond acceptors (Lipinski definition) is 20. The normalized spacial score (nSPS) is 10.7. The third kappa shape index (κ3) is 15.6. The van der Waals surface area contributed by atoms with Crippen LogP contribution in [0, 0.1) is 0 Å². The SMILES string of the molecule is O=S(=O)([O-])c1cccc(Nc2nc(NCc3ccc(Oc4ccc(CNc5nc(Nc6ccccc6)nc(Nc6cccc(SOO[O-])c6)n5)cc4)cc3)nc(Nc3ccccc3)n2)c1.[Na+].[Na+]. The van der Waals surface area contributed by atoms with Crippen molar-refractivity contribution in [2.75, 3.05) is 31.9 Å². The maximum absolute atomic E-state index is 11.6. The van der Waals surface area contributed by atoms with Crippen LogP contribution in [0.5, 0.6) is 11.5 Å². The Hall–Kier alpha value is -5.92. The van der Waals surface area contributed by atoms with Crippen LogP contribution < -0.4 is 101 Å². The van der Waals surface area contributed by atoms with Gasteiger partial charge in [-0.25, -0.2) is 8.42 Å². The van der Waals surface area contributed by atoms with Gasteiger partial charge in [0.2, 0.25) is 35.7 Å². The first-order chi connectivity index (χ1) is 31.7. The van der Waals surface area contributed by atoms with Crippen LogP contribution >= 0.6 is 12.0 Å². The Bertz CT molecular complexity index is 2960. The van der Waals surface area contributed by atoms with Crippen LogP contribution in [0.4, 0.5) is 58.4 Å². The molecule has 2 heterocycles. The second-order valence-corrected chi connectivity index (χ2v) is 15.8. The zero-order valence-corrected chi connectivity index (χ0v) is 41.4. The van der Waals surface area contributed by atoms with Crippen LogP contribution in [-0.4, -0.2) is 42.9 Å². The van der Waals surface area contributed by atoms with Crippen LogP contribution in [0.15, 0.2) is 168 Å². The molecule has 6 aromatic carbocycles.